The highest BCUT2D eigenvalue weighted by atomic mass is 32.2. The maximum atomic E-state index is 12.8. The van der Waals surface area contributed by atoms with Crippen LogP contribution in [0.3, 0.4) is 0 Å². The van der Waals surface area contributed by atoms with Crippen LogP contribution in [0.25, 0.3) is 0 Å². The number of aliphatic imine (C=N–C) groups is 1. The van der Waals surface area contributed by atoms with Crippen molar-refractivity contribution in [1.82, 2.24) is 5.32 Å². The summed E-state index contributed by atoms with van der Waals surface area (Å²) in [5.41, 5.74) is 1.64. The highest BCUT2D eigenvalue weighted by Gasteiger charge is 2.51. The van der Waals surface area contributed by atoms with Crippen LogP contribution >= 0.6 is 11.8 Å². The van der Waals surface area contributed by atoms with E-state index in [4.69, 9.17) is 0 Å². The summed E-state index contributed by atoms with van der Waals surface area (Å²) in [6.07, 6.45) is 2.09. The summed E-state index contributed by atoms with van der Waals surface area (Å²) in [7, 11) is 0. The second-order valence-corrected chi connectivity index (χ2v) is 8.26. The number of anilines is 1. The van der Waals surface area contributed by atoms with Gasteiger partial charge in [0, 0.05) is 5.69 Å². The number of rotatable bonds is 7. The number of nitrogens with one attached hydrogen (secondary N) is 2. The van der Waals surface area contributed by atoms with Crippen LogP contribution in [0, 0.1) is 25.2 Å². The molecule has 0 spiro atoms. The molecule has 0 bridgehead atoms. The Labute approximate surface area is 171 Å². The lowest BCUT2D eigenvalue weighted by Gasteiger charge is -2.36. The van der Waals surface area contributed by atoms with E-state index in [9.17, 15) is 14.4 Å². The van der Waals surface area contributed by atoms with Gasteiger partial charge in [-0.05, 0) is 43.7 Å². The average Bonchev–Trinajstić information content (AvgIpc) is 2.63. The maximum absolute atomic E-state index is 12.8. The van der Waals surface area contributed by atoms with Crippen molar-refractivity contribution < 1.29 is 14.4 Å². The Hall–Kier alpha value is -2.15. The Morgan fingerprint density at radius 3 is 2.43 bits per heavy atom. The van der Waals surface area contributed by atoms with Gasteiger partial charge in [0.1, 0.15) is 5.41 Å². The lowest BCUT2D eigenvalue weighted by atomic mass is 9.70. The molecule has 0 saturated carbocycles. The largest absolute Gasteiger partial charge is 0.325 e. The van der Waals surface area contributed by atoms with E-state index in [1.807, 2.05) is 52.8 Å². The number of thioether (sulfide) groups is 1. The van der Waals surface area contributed by atoms with Crippen LogP contribution in [0.4, 0.5) is 5.69 Å². The first kappa shape index (κ1) is 22.1. The van der Waals surface area contributed by atoms with E-state index >= 15 is 0 Å². The van der Waals surface area contributed by atoms with Gasteiger partial charge in [0.25, 0.3) is 5.91 Å². The first-order chi connectivity index (χ1) is 13.3. The third kappa shape index (κ3) is 4.46. The number of hydrogen-bond acceptors (Lipinski definition) is 4. The molecule has 6 nitrogen and oxygen atoms in total. The van der Waals surface area contributed by atoms with E-state index in [-0.39, 0.29) is 28.7 Å². The smallest absolute Gasteiger partial charge is 0.264 e. The Bertz CT molecular complexity index is 786. The zero-order chi connectivity index (χ0) is 20.9. The van der Waals surface area contributed by atoms with Gasteiger partial charge < -0.3 is 10.6 Å². The zero-order valence-corrected chi connectivity index (χ0v) is 18.0. The van der Waals surface area contributed by atoms with E-state index < -0.39 is 11.3 Å². The summed E-state index contributed by atoms with van der Waals surface area (Å²) in [6.45, 7) is 9.67. The quantitative estimate of drug-likeness (QED) is 0.678. The topological polar surface area (TPSA) is 87.6 Å². The molecule has 2 unspecified atom stereocenters. The Morgan fingerprint density at radius 1 is 1.25 bits per heavy atom. The van der Waals surface area contributed by atoms with Crippen LogP contribution in [0.15, 0.2) is 23.2 Å². The molecule has 7 heteroatoms. The molecule has 0 radical (unpaired) electrons. The third-order valence-corrected chi connectivity index (χ3v) is 6.29. The summed E-state index contributed by atoms with van der Waals surface area (Å²) in [4.78, 5) is 41.9. The monoisotopic (exact) mass is 403 g/mol. The fraction of sp³-hybridized carbons (Fsp3) is 0.524. The summed E-state index contributed by atoms with van der Waals surface area (Å²) in [5, 5.41) is 5.83. The van der Waals surface area contributed by atoms with Gasteiger partial charge >= 0.3 is 0 Å². The molecule has 0 aliphatic carbocycles. The summed E-state index contributed by atoms with van der Waals surface area (Å²) in [5.74, 6) is -0.953. The normalized spacial score (nSPS) is 20.4. The molecule has 2 rings (SSSR count). The van der Waals surface area contributed by atoms with E-state index in [1.165, 1.54) is 0 Å². The van der Waals surface area contributed by atoms with Crippen molar-refractivity contribution in [3.63, 3.8) is 0 Å². The van der Waals surface area contributed by atoms with Gasteiger partial charge in [0.2, 0.25) is 11.8 Å². The van der Waals surface area contributed by atoms with Crippen molar-refractivity contribution in [2.45, 2.75) is 53.9 Å². The Morgan fingerprint density at radius 2 is 1.89 bits per heavy atom. The number of carbonyl (C=O) groups excluding carboxylic acids is 3. The Balaban J connectivity index is 2.06. The van der Waals surface area contributed by atoms with Crippen LogP contribution in [0.2, 0.25) is 0 Å². The number of amides is 3. The Kier molecular flexibility index (Phi) is 7.41. The summed E-state index contributed by atoms with van der Waals surface area (Å²) < 4.78 is 0. The van der Waals surface area contributed by atoms with Crippen LogP contribution in [0.5, 0.6) is 0 Å². The second-order valence-electron chi connectivity index (χ2n) is 7.29. The molecule has 28 heavy (non-hydrogen) atoms. The number of hydrogen-bond donors (Lipinski definition) is 2. The molecule has 1 aromatic carbocycles. The number of amidine groups is 1. The number of carbonyl (C=O) groups is 3. The molecule has 0 fully saturated rings. The number of para-hydroxylation sites is 1. The number of benzene rings is 1. The predicted molar refractivity (Wildman–Crippen MR) is 114 cm³/mol. The van der Waals surface area contributed by atoms with Gasteiger partial charge in [0.15, 0.2) is 5.17 Å². The van der Waals surface area contributed by atoms with E-state index in [0.29, 0.717) is 6.42 Å². The lowest BCUT2D eigenvalue weighted by molar-refractivity contribution is -0.145. The van der Waals surface area contributed by atoms with Gasteiger partial charge in [-0.1, -0.05) is 57.2 Å². The lowest BCUT2D eigenvalue weighted by Crippen LogP contribution is -2.54. The highest BCUT2D eigenvalue weighted by molar-refractivity contribution is 8.14. The van der Waals surface area contributed by atoms with Crippen molar-refractivity contribution in [3.05, 3.63) is 29.3 Å². The SMILES string of the molecule is CCCC(C)C1(CC)C(=O)N=C(SCC(=O)Nc2c(C)cccc2C)NC1=O. The van der Waals surface area contributed by atoms with Crippen molar-refractivity contribution in [3.8, 4) is 0 Å². The van der Waals surface area contributed by atoms with Crippen LogP contribution in [0.1, 0.15) is 51.2 Å². The first-order valence-electron chi connectivity index (χ1n) is 9.69. The summed E-state index contributed by atoms with van der Waals surface area (Å²) in [6, 6.07) is 5.80. The molecule has 2 N–H and O–H groups in total. The van der Waals surface area contributed by atoms with Gasteiger partial charge in [-0.25, -0.2) is 0 Å². The first-order valence-corrected chi connectivity index (χ1v) is 10.7. The molecule has 3 amide bonds. The molecular weight excluding hydrogens is 374 g/mol. The minimum absolute atomic E-state index is 0.0593. The van der Waals surface area contributed by atoms with Gasteiger partial charge in [-0.15, -0.1) is 0 Å². The molecule has 0 saturated heterocycles. The van der Waals surface area contributed by atoms with Gasteiger partial charge in [0.05, 0.1) is 5.75 Å². The van der Waals surface area contributed by atoms with E-state index in [0.717, 1.165) is 41.4 Å². The van der Waals surface area contributed by atoms with Crippen molar-refractivity contribution in [2.24, 2.45) is 16.3 Å². The van der Waals surface area contributed by atoms with Crippen molar-refractivity contribution in [1.29, 1.82) is 0 Å². The maximum Gasteiger partial charge on any atom is 0.264 e. The molecule has 2 atom stereocenters. The fourth-order valence-corrected chi connectivity index (χ4v) is 4.34. The highest BCUT2D eigenvalue weighted by Crippen LogP contribution is 2.38. The van der Waals surface area contributed by atoms with E-state index in [1.54, 1.807) is 0 Å². The minimum Gasteiger partial charge on any atom is -0.325 e. The predicted octanol–water partition coefficient (Wildman–Crippen LogP) is 3.82. The molecule has 152 valence electrons. The van der Waals surface area contributed by atoms with Gasteiger partial charge in [-0.2, -0.15) is 4.99 Å². The average molecular weight is 404 g/mol. The molecular formula is C21H29N3O3S. The zero-order valence-electron chi connectivity index (χ0n) is 17.2. The molecule has 0 aromatic heterocycles. The molecule has 1 heterocycles. The third-order valence-electron chi connectivity index (χ3n) is 5.42. The molecule has 1 aromatic rings. The van der Waals surface area contributed by atoms with Crippen LogP contribution < -0.4 is 10.6 Å². The number of aryl methyl sites for hydroxylation is 2. The summed E-state index contributed by atoms with van der Waals surface area (Å²) >= 11 is 1.07. The fourth-order valence-electron chi connectivity index (χ4n) is 3.69. The molecule has 1 aliphatic rings. The minimum atomic E-state index is -1.11. The van der Waals surface area contributed by atoms with Crippen LogP contribution in [-0.2, 0) is 14.4 Å². The second kappa shape index (κ2) is 9.37. The number of nitrogens with zero attached hydrogens (tertiary/aromatic N) is 1. The van der Waals surface area contributed by atoms with Crippen LogP contribution in [-0.4, -0.2) is 28.6 Å². The standard InChI is InChI=1S/C21H29N3O3S/c1-6-9-15(5)21(7-2)18(26)23-20(24-19(21)27)28-12-16(25)22-17-13(3)10-8-11-14(17)4/h8,10-11,15H,6-7,9,12H2,1-5H3,(H,22,25)(H,23,24,26,27). The molecule has 1 aliphatic heterocycles. The van der Waals surface area contributed by atoms with Crippen molar-refractivity contribution >= 4 is 40.3 Å². The van der Waals surface area contributed by atoms with Gasteiger partial charge in [-0.3, -0.25) is 14.4 Å². The van der Waals surface area contributed by atoms with Crippen molar-refractivity contribution in [2.75, 3.05) is 11.1 Å². The van der Waals surface area contributed by atoms with E-state index in [2.05, 4.69) is 15.6 Å².